The van der Waals surface area contributed by atoms with E-state index in [1.54, 1.807) is 13.8 Å². The molecule has 0 amide bonds. The molecule has 1 atom stereocenters. The normalized spacial score (nSPS) is 12.6. The van der Waals surface area contributed by atoms with Gasteiger partial charge in [0.15, 0.2) is 11.5 Å². The van der Waals surface area contributed by atoms with E-state index in [9.17, 15) is 14.9 Å². The average Bonchev–Trinajstić information content (AvgIpc) is 2.53. The summed E-state index contributed by atoms with van der Waals surface area (Å²) in [4.78, 5) is 21.4. The molecular weight excluding hydrogens is 320 g/mol. The summed E-state index contributed by atoms with van der Waals surface area (Å²) >= 11 is 0. The molecule has 0 bridgehead atoms. The quantitative estimate of drug-likeness (QED) is 0.241. The van der Waals surface area contributed by atoms with Crippen molar-refractivity contribution < 1.29 is 29.1 Å². The topological polar surface area (TPSA) is 120 Å². The smallest absolute Gasteiger partial charge is 0.293 e. The predicted octanol–water partition coefficient (Wildman–Crippen LogP) is 2.32. The van der Waals surface area contributed by atoms with Crippen LogP contribution in [0, 0.1) is 10.1 Å². The minimum atomic E-state index is -0.937. The lowest BCUT2D eigenvalue weighted by Gasteiger charge is -2.17. The number of hydrogen-bond acceptors (Lipinski definition) is 8. The Morgan fingerprint density at radius 3 is 2.54 bits per heavy atom. The van der Waals surface area contributed by atoms with Crippen LogP contribution in [0.5, 0.6) is 11.5 Å². The molecule has 0 saturated heterocycles. The van der Waals surface area contributed by atoms with Crippen LogP contribution in [0.2, 0.25) is 0 Å². The molecule has 0 radical (unpaired) electrons. The molecule has 0 aliphatic heterocycles. The number of nitro groups is 1. The van der Waals surface area contributed by atoms with Crippen molar-refractivity contribution in [1.82, 2.24) is 0 Å². The van der Waals surface area contributed by atoms with Crippen LogP contribution in [0.3, 0.4) is 0 Å². The van der Waals surface area contributed by atoms with Gasteiger partial charge < -0.3 is 19.4 Å². The molecule has 1 rings (SSSR count). The molecule has 0 aliphatic carbocycles. The molecule has 0 fully saturated rings. The summed E-state index contributed by atoms with van der Waals surface area (Å²) in [6.45, 7) is 5.20. The molecule has 0 spiro atoms. The van der Waals surface area contributed by atoms with Gasteiger partial charge in [0.1, 0.15) is 6.10 Å². The first-order chi connectivity index (χ1) is 11.3. The molecule has 9 nitrogen and oxygen atoms in total. The molecule has 0 aliphatic rings. The number of benzene rings is 1. The number of carbonyl (C=O) groups is 1. The van der Waals surface area contributed by atoms with Gasteiger partial charge in [-0.1, -0.05) is 5.16 Å². The van der Waals surface area contributed by atoms with Gasteiger partial charge in [-0.2, -0.15) is 0 Å². The van der Waals surface area contributed by atoms with E-state index in [0.29, 0.717) is 5.75 Å². The Balaban J connectivity index is 3.34. The monoisotopic (exact) mass is 340 g/mol. The summed E-state index contributed by atoms with van der Waals surface area (Å²) in [6, 6.07) is 2.71. The number of rotatable bonds is 9. The van der Waals surface area contributed by atoms with Gasteiger partial charge in [0.25, 0.3) is 12.2 Å². The lowest BCUT2D eigenvalue weighted by Crippen LogP contribution is -2.24. The number of hydrogen-bond donors (Lipinski definition) is 1. The van der Waals surface area contributed by atoms with Gasteiger partial charge in [-0.15, -0.1) is 0 Å². The highest BCUT2D eigenvalue weighted by Gasteiger charge is 2.25. The van der Waals surface area contributed by atoms with Crippen LogP contribution in [0.25, 0.3) is 0 Å². The van der Waals surface area contributed by atoms with Gasteiger partial charge in [0.2, 0.25) is 0 Å². The van der Waals surface area contributed by atoms with E-state index in [1.807, 2.05) is 0 Å². The Hall–Kier alpha value is -2.84. The van der Waals surface area contributed by atoms with Gasteiger partial charge in [-0.25, -0.2) is 0 Å². The number of nitrogens with zero attached hydrogens (tertiary/aromatic N) is 2. The van der Waals surface area contributed by atoms with Gasteiger partial charge in [-0.3, -0.25) is 14.9 Å². The highest BCUT2D eigenvalue weighted by Crippen LogP contribution is 2.36. The summed E-state index contributed by atoms with van der Waals surface area (Å²) in [5.74, 6) is 0.552. The fourth-order valence-electron chi connectivity index (χ4n) is 2.06. The fraction of sp³-hybridized carbons (Fsp3) is 0.467. The minimum absolute atomic E-state index is 0.0523. The van der Waals surface area contributed by atoms with Gasteiger partial charge in [-0.05, 0) is 26.8 Å². The first-order valence-electron chi connectivity index (χ1n) is 7.13. The van der Waals surface area contributed by atoms with E-state index in [-0.39, 0.29) is 41.7 Å². The molecule has 9 heteroatoms. The highest BCUT2D eigenvalue weighted by molar-refractivity contribution is 5.87. The van der Waals surface area contributed by atoms with Gasteiger partial charge in [0.05, 0.1) is 29.9 Å². The Kier molecular flexibility index (Phi) is 6.97. The predicted molar refractivity (Wildman–Crippen MR) is 84.9 cm³/mol. The largest absolute Gasteiger partial charge is 0.493 e. The number of oxime groups is 1. The van der Waals surface area contributed by atoms with Crippen molar-refractivity contribution in [3.8, 4) is 11.5 Å². The summed E-state index contributed by atoms with van der Waals surface area (Å²) < 4.78 is 15.6. The van der Waals surface area contributed by atoms with Crippen LogP contribution in [0.1, 0.15) is 26.3 Å². The van der Waals surface area contributed by atoms with Crippen LogP contribution in [0.4, 0.5) is 5.69 Å². The molecule has 0 aromatic heterocycles. The van der Waals surface area contributed by atoms with Gasteiger partial charge in [0, 0.05) is 12.0 Å². The van der Waals surface area contributed by atoms with E-state index < -0.39 is 11.0 Å². The molecule has 0 heterocycles. The third kappa shape index (κ3) is 4.83. The van der Waals surface area contributed by atoms with Crippen molar-refractivity contribution in [2.75, 3.05) is 7.11 Å². The summed E-state index contributed by atoms with van der Waals surface area (Å²) in [6.07, 6.45) is -1.18. The first kappa shape index (κ1) is 19.2. The minimum Gasteiger partial charge on any atom is -0.493 e. The Labute approximate surface area is 139 Å². The van der Waals surface area contributed by atoms with Crippen LogP contribution < -0.4 is 9.47 Å². The molecule has 24 heavy (non-hydrogen) atoms. The average molecular weight is 340 g/mol. The second kappa shape index (κ2) is 8.70. The Morgan fingerprint density at radius 1 is 1.42 bits per heavy atom. The lowest BCUT2D eigenvalue weighted by molar-refractivity contribution is -0.385. The third-order valence-corrected chi connectivity index (χ3v) is 3.17. The second-order valence-corrected chi connectivity index (χ2v) is 5.22. The van der Waals surface area contributed by atoms with E-state index in [0.717, 1.165) is 0 Å². The summed E-state index contributed by atoms with van der Waals surface area (Å²) in [5, 5.41) is 23.2. The highest BCUT2D eigenvalue weighted by atomic mass is 16.6. The molecule has 0 unspecified atom stereocenters. The van der Waals surface area contributed by atoms with E-state index >= 15 is 0 Å². The number of nitro benzene ring substituents is 1. The molecule has 0 saturated carbocycles. The lowest BCUT2D eigenvalue weighted by atomic mass is 10.0. The Morgan fingerprint density at radius 2 is 2.08 bits per heavy atom. The molecule has 1 N–H and O–H groups in total. The Bertz CT molecular complexity index is 628. The third-order valence-electron chi connectivity index (χ3n) is 3.17. The van der Waals surface area contributed by atoms with Crippen molar-refractivity contribution in [2.45, 2.75) is 39.4 Å². The van der Waals surface area contributed by atoms with Gasteiger partial charge >= 0.3 is 0 Å². The molecular formula is C15H20N2O7. The summed E-state index contributed by atoms with van der Waals surface area (Å²) in [7, 11) is 1.41. The van der Waals surface area contributed by atoms with Crippen molar-refractivity contribution in [3.05, 3.63) is 27.8 Å². The van der Waals surface area contributed by atoms with E-state index in [4.69, 9.17) is 19.4 Å². The van der Waals surface area contributed by atoms with Crippen molar-refractivity contribution in [3.63, 3.8) is 0 Å². The van der Waals surface area contributed by atoms with E-state index in [1.165, 1.54) is 26.2 Å². The standard InChI is InChI=1S/C15H20N2O7/c1-9(2)24-15-7-12(17(20)21)11(6-14(15)22-4)5-13(23-8-18)10(3)16-19/h6-9,13,19H,5H2,1-4H3/b16-10+/t13-/m1/s1. The molecule has 1 aromatic carbocycles. The van der Waals surface area contributed by atoms with Crippen molar-refractivity contribution >= 4 is 17.9 Å². The van der Waals surface area contributed by atoms with Crippen molar-refractivity contribution in [2.24, 2.45) is 5.16 Å². The van der Waals surface area contributed by atoms with Crippen LogP contribution >= 0.6 is 0 Å². The second-order valence-electron chi connectivity index (χ2n) is 5.22. The zero-order valence-corrected chi connectivity index (χ0v) is 13.9. The van der Waals surface area contributed by atoms with E-state index in [2.05, 4.69) is 5.16 Å². The molecule has 1 aromatic rings. The number of carbonyl (C=O) groups excluding carboxylic acids is 1. The SMILES string of the molecule is COc1cc(C[C@@H](OC=O)/C(C)=N/O)c([N+](=O)[O-])cc1OC(C)C. The maximum Gasteiger partial charge on any atom is 0.293 e. The fourth-order valence-corrected chi connectivity index (χ4v) is 2.06. The number of ether oxygens (including phenoxy) is 3. The zero-order chi connectivity index (χ0) is 18.3. The maximum absolute atomic E-state index is 11.4. The van der Waals surface area contributed by atoms with Crippen LogP contribution in [-0.4, -0.2) is 41.6 Å². The molecule has 132 valence electrons. The first-order valence-corrected chi connectivity index (χ1v) is 7.13. The maximum atomic E-state index is 11.4. The van der Waals surface area contributed by atoms with Crippen LogP contribution in [-0.2, 0) is 16.0 Å². The summed E-state index contributed by atoms with van der Waals surface area (Å²) in [5.41, 5.74) is 0.150. The number of methoxy groups -OCH3 is 1. The van der Waals surface area contributed by atoms with Crippen molar-refractivity contribution in [1.29, 1.82) is 0 Å². The zero-order valence-electron chi connectivity index (χ0n) is 13.9. The van der Waals surface area contributed by atoms with Crippen LogP contribution in [0.15, 0.2) is 17.3 Å².